The van der Waals surface area contributed by atoms with E-state index in [1.54, 1.807) is 0 Å². The maximum absolute atomic E-state index is 11.1. The van der Waals surface area contributed by atoms with Crippen molar-refractivity contribution in [2.45, 2.75) is 25.9 Å². The van der Waals surface area contributed by atoms with Gasteiger partial charge in [0.05, 0.1) is 18.1 Å². The van der Waals surface area contributed by atoms with Gasteiger partial charge in [-0.25, -0.2) is 0 Å². The summed E-state index contributed by atoms with van der Waals surface area (Å²) in [6, 6.07) is -1.83. The Morgan fingerprint density at radius 3 is 2.33 bits per heavy atom. The molecule has 0 aliphatic carbocycles. The van der Waals surface area contributed by atoms with Crippen LogP contribution < -0.4 is 16.2 Å². The van der Waals surface area contributed by atoms with Crippen LogP contribution in [0, 0.1) is 0 Å². The molecule has 86 valence electrons. The molecule has 0 saturated heterocycles. The zero-order valence-electron chi connectivity index (χ0n) is 8.48. The number of nitrogens with one attached hydrogen (secondary N) is 1. The van der Waals surface area contributed by atoms with Gasteiger partial charge in [-0.05, 0) is 6.92 Å². The third kappa shape index (κ3) is 6.08. The number of carboxylic acids is 1. The van der Waals surface area contributed by atoms with Crippen molar-refractivity contribution < 1.29 is 19.5 Å². The van der Waals surface area contributed by atoms with Crippen LogP contribution in [0.15, 0.2) is 0 Å². The highest BCUT2D eigenvalue weighted by atomic mass is 32.2. The monoisotopic (exact) mass is 233 g/mol. The van der Waals surface area contributed by atoms with Crippen molar-refractivity contribution in [3.8, 4) is 0 Å². The van der Waals surface area contributed by atoms with Crippen LogP contribution in [0.2, 0.25) is 0 Å². The Morgan fingerprint density at radius 1 is 1.47 bits per heavy atom. The van der Waals surface area contributed by atoms with E-state index in [2.05, 4.69) is 5.32 Å². The highest BCUT2D eigenvalue weighted by molar-refractivity contribution is 8.13. The zero-order valence-corrected chi connectivity index (χ0v) is 9.30. The average Bonchev–Trinajstić information content (AvgIpc) is 2.10. The second-order valence-electron chi connectivity index (χ2n) is 2.99. The molecule has 0 saturated carbocycles. The van der Waals surface area contributed by atoms with Crippen LogP contribution in [0.4, 0.5) is 0 Å². The van der Waals surface area contributed by atoms with E-state index in [4.69, 9.17) is 5.73 Å². The van der Waals surface area contributed by atoms with E-state index in [9.17, 15) is 19.5 Å². The van der Waals surface area contributed by atoms with Crippen molar-refractivity contribution in [3.63, 3.8) is 0 Å². The minimum atomic E-state index is -1.42. The van der Waals surface area contributed by atoms with Gasteiger partial charge in [0.2, 0.25) is 11.0 Å². The average molecular weight is 233 g/mol. The molecule has 0 aromatic rings. The van der Waals surface area contributed by atoms with E-state index in [-0.39, 0.29) is 10.9 Å². The molecule has 6 nitrogen and oxygen atoms in total. The summed E-state index contributed by atoms with van der Waals surface area (Å²) in [4.78, 5) is 32.2. The topological polar surface area (TPSA) is 112 Å². The molecular formula is C8H13N2O4S-. The fourth-order valence-electron chi connectivity index (χ4n) is 0.711. The van der Waals surface area contributed by atoms with Crippen LogP contribution in [-0.4, -0.2) is 34.8 Å². The Labute approximate surface area is 91.6 Å². The molecular weight excluding hydrogens is 220 g/mol. The Bertz CT molecular complexity index is 267. The van der Waals surface area contributed by atoms with E-state index in [0.717, 1.165) is 11.8 Å². The number of thioether (sulfide) groups is 1. The fourth-order valence-corrected chi connectivity index (χ4v) is 1.52. The van der Waals surface area contributed by atoms with Gasteiger partial charge in [-0.3, -0.25) is 9.59 Å². The predicted molar refractivity (Wildman–Crippen MR) is 53.7 cm³/mol. The van der Waals surface area contributed by atoms with E-state index < -0.39 is 24.0 Å². The Balaban J connectivity index is 4.13. The molecule has 2 atom stereocenters. The molecule has 15 heavy (non-hydrogen) atoms. The van der Waals surface area contributed by atoms with Crippen molar-refractivity contribution in [2.24, 2.45) is 5.73 Å². The summed E-state index contributed by atoms with van der Waals surface area (Å²) >= 11 is 0.763. The van der Waals surface area contributed by atoms with Gasteiger partial charge in [-0.2, -0.15) is 0 Å². The van der Waals surface area contributed by atoms with Crippen LogP contribution >= 0.6 is 11.8 Å². The summed E-state index contributed by atoms with van der Waals surface area (Å²) in [5.74, 6) is -1.99. The number of carboxylic acid groups (broad SMARTS) is 1. The lowest BCUT2D eigenvalue weighted by Gasteiger charge is -2.18. The van der Waals surface area contributed by atoms with E-state index in [0.29, 0.717) is 0 Å². The van der Waals surface area contributed by atoms with Crippen molar-refractivity contribution in [3.05, 3.63) is 0 Å². The van der Waals surface area contributed by atoms with Crippen molar-refractivity contribution in [2.75, 3.05) is 5.75 Å². The maximum atomic E-state index is 11.1. The van der Waals surface area contributed by atoms with Gasteiger partial charge in [0, 0.05) is 12.7 Å². The van der Waals surface area contributed by atoms with Crippen molar-refractivity contribution in [1.29, 1.82) is 0 Å². The lowest BCUT2D eigenvalue weighted by molar-refractivity contribution is -0.307. The molecule has 0 heterocycles. The molecule has 0 aliphatic heterocycles. The lowest BCUT2D eigenvalue weighted by Crippen LogP contribution is -2.49. The summed E-state index contributed by atoms with van der Waals surface area (Å²) in [7, 11) is 0. The minimum Gasteiger partial charge on any atom is -0.548 e. The van der Waals surface area contributed by atoms with Crippen LogP contribution in [-0.2, 0) is 14.4 Å². The molecule has 0 aromatic heterocycles. The first-order valence-corrected chi connectivity index (χ1v) is 5.23. The minimum absolute atomic E-state index is 0.0811. The van der Waals surface area contributed by atoms with Gasteiger partial charge in [-0.1, -0.05) is 11.8 Å². The van der Waals surface area contributed by atoms with Crippen molar-refractivity contribution >= 4 is 28.8 Å². The van der Waals surface area contributed by atoms with Gasteiger partial charge >= 0.3 is 0 Å². The summed E-state index contributed by atoms with van der Waals surface area (Å²) in [6.45, 7) is 2.69. The second-order valence-corrected chi connectivity index (χ2v) is 4.02. The molecule has 7 heteroatoms. The summed E-state index contributed by atoms with van der Waals surface area (Å²) < 4.78 is 0. The molecule has 0 radical (unpaired) electrons. The molecule has 0 fully saturated rings. The first kappa shape index (κ1) is 13.9. The van der Waals surface area contributed by atoms with Crippen LogP contribution in [0.3, 0.4) is 0 Å². The molecule has 0 bridgehead atoms. The molecule has 3 N–H and O–H groups in total. The Kier molecular flexibility index (Phi) is 5.95. The highest BCUT2D eigenvalue weighted by Crippen LogP contribution is 2.06. The zero-order chi connectivity index (χ0) is 12.0. The smallest absolute Gasteiger partial charge is 0.217 e. The third-order valence-corrected chi connectivity index (χ3v) is 2.58. The number of carbonyl (C=O) groups excluding carboxylic acids is 3. The SMILES string of the molecule is CC(=O)NC(CSC(=O)C(C)N)C(=O)[O-]. The molecule has 0 aromatic carbocycles. The Hall–Kier alpha value is -1.08. The summed E-state index contributed by atoms with van der Waals surface area (Å²) in [5, 5.41) is 12.4. The molecule has 0 rings (SSSR count). The van der Waals surface area contributed by atoms with E-state index in [1.807, 2.05) is 0 Å². The summed E-state index contributed by atoms with van der Waals surface area (Å²) in [6.07, 6.45) is 0. The van der Waals surface area contributed by atoms with Gasteiger partial charge in [0.25, 0.3) is 0 Å². The van der Waals surface area contributed by atoms with Gasteiger partial charge < -0.3 is 21.0 Å². The molecule has 1 amide bonds. The first-order valence-electron chi connectivity index (χ1n) is 4.24. The van der Waals surface area contributed by atoms with Crippen LogP contribution in [0.5, 0.6) is 0 Å². The highest BCUT2D eigenvalue weighted by Gasteiger charge is 2.15. The van der Waals surface area contributed by atoms with E-state index in [1.165, 1.54) is 13.8 Å². The normalized spacial score (nSPS) is 14.1. The quantitative estimate of drug-likeness (QED) is 0.559. The second kappa shape index (κ2) is 6.41. The van der Waals surface area contributed by atoms with E-state index >= 15 is 0 Å². The fraction of sp³-hybridized carbons (Fsp3) is 0.625. The van der Waals surface area contributed by atoms with Crippen LogP contribution in [0.25, 0.3) is 0 Å². The number of hydrogen-bond acceptors (Lipinski definition) is 6. The first-order chi connectivity index (χ1) is 6.84. The Morgan fingerprint density at radius 2 is 2.00 bits per heavy atom. The number of rotatable bonds is 5. The number of carbonyl (C=O) groups is 3. The summed E-state index contributed by atoms with van der Waals surface area (Å²) in [5.41, 5.74) is 5.28. The molecule has 0 aliphatic rings. The maximum Gasteiger partial charge on any atom is 0.217 e. The van der Waals surface area contributed by atoms with Gasteiger partial charge in [-0.15, -0.1) is 0 Å². The van der Waals surface area contributed by atoms with Crippen molar-refractivity contribution in [1.82, 2.24) is 5.32 Å². The molecule has 0 spiro atoms. The van der Waals surface area contributed by atoms with Gasteiger partial charge in [0.1, 0.15) is 0 Å². The third-order valence-electron chi connectivity index (χ3n) is 1.43. The van der Waals surface area contributed by atoms with Crippen LogP contribution in [0.1, 0.15) is 13.8 Å². The van der Waals surface area contributed by atoms with Gasteiger partial charge in [0.15, 0.2) is 0 Å². The largest absolute Gasteiger partial charge is 0.548 e. The predicted octanol–water partition coefficient (Wildman–Crippen LogP) is -2.15. The molecule has 2 unspecified atom stereocenters. The number of amides is 1. The lowest BCUT2D eigenvalue weighted by atomic mass is 10.3. The number of hydrogen-bond donors (Lipinski definition) is 2. The number of aliphatic carboxylic acids is 1. The standard InChI is InChI=1S/C8H14N2O4S/c1-4(9)8(14)15-3-6(7(12)13)10-5(2)11/h4,6H,3,9H2,1-2H3,(H,10,11)(H,12,13)/p-1. The number of nitrogens with two attached hydrogens (primary N) is 1.